The predicted octanol–water partition coefficient (Wildman–Crippen LogP) is 3.09. The average Bonchev–Trinajstić information content (AvgIpc) is 2.61. The van der Waals surface area contributed by atoms with Crippen molar-refractivity contribution in [3.05, 3.63) is 35.9 Å². The van der Waals surface area contributed by atoms with Gasteiger partial charge in [0.25, 0.3) is 0 Å². The van der Waals surface area contributed by atoms with Crippen molar-refractivity contribution >= 4 is 10.9 Å². The Morgan fingerprint density at radius 3 is 2.71 bits per heavy atom. The van der Waals surface area contributed by atoms with Gasteiger partial charge in [0.15, 0.2) is 11.5 Å². The van der Waals surface area contributed by atoms with Crippen molar-refractivity contribution in [2.75, 3.05) is 20.3 Å². The summed E-state index contributed by atoms with van der Waals surface area (Å²) >= 11 is 0. The number of aryl methyl sites for hydroxylation is 1. The Balaban J connectivity index is 1.96. The van der Waals surface area contributed by atoms with Crippen LogP contribution in [0.1, 0.15) is 11.4 Å². The molecule has 0 atom stereocenters. The van der Waals surface area contributed by atoms with Gasteiger partial charge in [-0.1, -0.05) is 0 Å². The molecule has 0 aliphatic carbocycles. The fraction of sp³-hybridized carbons (Fsp3) is 0.278. The first-order valence-corrected chi connectivity index (χ1v) is 7.74. The van der Waals surface area contributed by atoms with E-state index >= 15 is 0 Å². The van der Waals surface area contributed by atoms with Crippen LogP contribution in [0.4, 0.5) is 0 Å². The summed E-state index contributed by atoms with van der Waals surface area (Å²) in [6, 6.07) is 3.83. The molecule has 0 N–H and O–H groups in total. The average molecular weight is 323 g/mol. The van der Waals surface area contributed by atoms with Crippen LogP contribution in [0.25, 0.3) is 22.2 Å². The number of methoxy groups -OCH3 is 1. The molecule has 6 heteroatoms. The minimum Gasteiger partial charge on any atom is -0.496 e. The van der Waals surface area contributed by atoms with Gasteiger partial charge in [0, 0.05) is 23.2 Å². The molecular formula is C18H17N3O3. The first kappa shape index (κ1) is 14.7. The summed E-state index contributed by atoms with van der Waals surface area (Å²) in [6.07, 6.45) is 3.57. The Hall–Kier alpha value is -2.89. The molecule has 0 saturated carbocycles. The molecule has 1 aromatic carbocycles. The maximum atomic E-state index is 5.87. The Kier molecular flexibility index (Phi) is 3.45. The highest BCUT2D eigenvalue weighted by Crippen LogP contribution is 2.46. The maximum Gasteiger partial charge on any atom is 0.171 e. The molecule has 1 aliphatic rings. The Labute approximate surface area is 139 Å². The van der Waals surface area contributed by atoms with Crippen LogP contribution in [0.2, 0.25) is 0 Å². The second kappa shape index (κ2) is 5.63. The van der Waals surface area contributed by atoms with Crippen LogP contribution in [0.3, 0.4) is 0 Å². The molecule has 0 unspecified atom stereocenters. The van der Waals surface area contributed by atoms with Gasteiger partial charge in [-0.15, -0.1) is 0 Å². The van der Waals surface area contributed by atoms with Crippen LogP contribution in [0.15, 0.2) is 24.5 Å². The third kappa shape index (κ3) is 2.31. The molecule has 0 spiro atoms. The van der Waals surface area contributed by atoms with Crippen LogP contribution in [-0.4, -0.2) is 35.3 Å². The summed E-state index contributed by atoms with van der Waals surface area (Å²) in [5.41, 5.74) is 3.44. The quantitative estimate of drug-likeness (QED) is 0.722. The molecule has 3 aromatic rings. The fourth-order valence-corrected chi connectivity index (χ4v) is 2.94. The van der Waals surface area contributed by atoms with Crippen LogP contribution in [0.5, 0.6) is 17.2 Å². The maximum absolute atomic E-state index is 5.87. The predicted molar refractivity (Wildman–Crippen MR) is 89.8 cm³/mol. The number of ether oxygens (including phenoxy) is 3. The van der Waals surface area contributed by atoms with Gasteiger partial charge in [0.1, 0.15) is 24.8 Å². The van der Waals surface area contributed by atoms with Gasteiger partial charge in [0.2, 0.25) is 0 Å². The van der Waals surface area contributed by atoms with Gasteiger partial charge in [-0.3, -0.25) is 4.98 Å². The molecule has 24 heavy (non-hydrogen) atoms. The van der Waals surface area contributed by atoms with Gasteiger partial charge in [0.05, 0.1) is 30.1 Å². The molecule has 0 bridgehead atoms. The number of fused-ring (bicyclic) bond motifs is 2. The van der Waals surface area contributed by atoms with E-state index in [4.69, 9.17) is 14.2 Å². The molecule has 4 rings (SSSR count). The number of hydrogen-bond donors (Lipinski definition) is 0. The van der Waals surface area contributed by atoms with E-state index in [0.29, 0.717) is 24.7 Å². The minimum absolute atomic E-state index is 0.516. The molecule has 0 fully saturated rings. The molecule has 6 nitrogen and oxygen atoms in total. The number of nitrogens with zero attached hydrogens (tertiary/aromatic N) is 3. The highest BCUT2D eigenvalue weighted by Gasteiger charge is 2.23. The molecular weight excluding hydrogens is 306 g/mol. The van der Waals surface area contributed by atoms with Gasteiger partial charge in [-0.2, -0.15) is 0 Å². The summed E-state index contributed by atoms with van der Waals surface area (Å²) in [6.45, 7) is 4.89. The Morgan fingerprint density at radius 2 is 1.88 bits per heavy atom. The van der Waals surface area contributed by atoms with Gasteiger partial charge >= 0.3 is 0 Å². The van der Waals surface area contributed by atoms with E-state index in [-0.39, 0.29) is 0 Å². The second-order valence-electron chi connectivity index (χ2n) is 5.65. The van der Waals surface area contributed by atoms with Gasteiger partial charge in [-0.05, 0) is 19.9 Å². The summed E-state index contributed by atoms with van der Waals surface area (Å²) in [5, 5.41) is 0.929. The Bertz CT molecular complexity index is 940. The zero-order valence-corrected chi connectivity index (χ0v) is 13.8. The zero-order valence-electron chi connectivity index (χ0n) is 13.8. The third-order valence-corrected chi connectivity index (χ3v) is 4.11. The van der Waals surface area contributed by atoms with Crippen LogP contribution < -0.4 is 14.2 Å². The summed E-state index contributed by atoms with van der Waals surface area (Å²) in [4.78, 5) is 13.2. The summed E-state index contributed by atoms with van der Waals surface area (Å²) in [7, 11) is 1.65. The van der Waals surface area contributed by atoms with Crippen LogP contribution >= 0.6 is 0 Å². The standard InChI is InChI=1S/C18H17N3O3/c1-10-15(22-3)7-16-18(24-5-4-23-16)17(10)13-6-12-8-19-11(2)21-14(12)9-20-13/h6-9H,4-5H2,1-3H3. The largest absolute Gasteiger partial charge is 0.496 e. The van der Waals surface area contributed by atoms with E-state index in [1.54, 1.807) is 13.3 Å². The van der Waals surface area contributed by atoms with E-state index in [1.807, 2.05) is 32.2 Å². The Morgan fingerprint density at radius 1 is 1.04 bits per heavy atom. The van der Waals surface area contributed by atoms with Crippen LogP contribution in [-0.2, 0) is 0 Å². The van der Waals surface area contributed by atoms with Crippen molar-refractivity contribution in [3.8, 4) is 28.5 Å². The topological polar surface area (TPSA) is 66.4 Å². The number of pyridine rings is 1. The van der Waals surface area contributed by atoms with Crippen molar-refractivity contribution in [1.82, 2.24) is 15.0 Å². The molecule has 2 aromatic heterocycles. The SMILES string of the molecule is COc1cc2c(c(-c3cc4cnc(C)nc4cn3)c1C)OCCO2. The highest BCUT2D eigenvalue weighted by atomic mass is 16.6. The lowest BCUT2D eigenvalue weighted by molar-refractivity contribution is 0.171. The van der Waals surface area contributed by atoms with E-state index < -0.39 is 0 Å². The number of aromatic nitrogens is 3. The summed E-state index contributed by atoms with van der Waals surface area (Å²) in [5.74, 6) is 2.86. The lowest BCUT2D eigenvalue weighted by Crippen LogP contribution is -2.16. The molecule has 0 amide bonds. The van der Waals surface area contributed by atoms with E-state index in [9.17, 15) is 0 Å². The van der Waals surface area contributed by atoms with E-state index in [1.165, 1.54) is 0 Å². The molecule has 122 valence electrons. The monoisotopic (exact) mass is 323 g/mol. The number of hydrogen-bond acceptors (Lipinski definition) is 6. The number of benzene rings is 1. The number of rotatable bonds is 2. The van der Waals surface area contributed by atoms with Crippen molar-refractivity contribution < 1.29 is 14.2 Å². The van der Waals surface area contributed by atoms with E-state index in [0.717, 1.165) is 39.3 Å². The van der Waals surface area contributed by atoms with Crippen molar-refractivity contribution in [2.45, 2.75) is 13.8 Å². The lowest BCUT2D eigenvalue weighted by atomic mass is 10.0. The smallest absolute Gasteiger partial charge is 0.171 e. The molecule has 0 saturated heterocycles. The zero-order chi connectivity index (χ0) is 16.7. The lowest BCUT2D eigenvalue weighted by Gasteiger charge is -2.23. The molecule has 0 radical (unpaired) electrons. The van der Waals surface area contributed by atoms with Crippen molar-refractivity contribution in [1.29, 1.82) is 0 Å². The third-order valence-electron chi connectivity index (χ3n) is 4.11. The second-order valence-corrected chi connectivity index (χ2v) is 5.65. The molecule has 1 aliphatic heterocycles. The normalized spacial score (nSPS) is 13.1. The summed E-state index contributed by atoms with van der Waals surface area (Å²) < 4.78 is 17.1. The fourth-order valence-electron chi connectivity index (χ4n) is 2.94. The van der Waals surface area contributed by atoms with Crippen LogP contribution in [0, 0.1) is 13.8 Å². The first-order chi connectivity index (χ1) is 11.7. The van der Waals surface area contributed by atoms with Crippen molar-refractivity contribution in [2.24, 2.45) is 0 Å². The minimum atomic E-state index is 0.516. The van der Waals surface area contributed by atoms with Crippen molar-refractivity contribution in [3.63, 3.8) is 0 Å². The first-order valence-electron chi connectivity index (χ1n) is 7.74. The van der Waals surface area contributed by atoms with E-state index in [2.05, 4.69) is 15.0 Å². The molecule has 3 heterocycles. The van der Waals surface area contributed by atoms with Gasteiger partial charge < -0.3 is 14.2 Å². The highest BCUT2D eigenvalue weighted by molar-refractivity contribution is 5.85. The van der Waals surface area contributed by atoms with Gasteiger partial charge in [-0.25, -0.2) is 9.97 Å².